The van der Waals surface area contributed by atoms with E-state index in [1.165, 1.54) is 25.7 Å². The van der Waals surface area contributed by atoms with Crippen molar-refractivity contribution in [3.63, 3.8) is 0 Å². The van der Waals surface area contributed by atoms with Crippen molar-refractivity contribution in [2.75, 3.05) is 19.7 Å². The maximum atomic E-state index is 5.95. The zero-order valence-corrected chi connectivity index (χ0v) is 12.4. The molecule has 1 fully saturated rings. The van der Waals surface area contributed by atoms with Crippen LogP contribution in [0.2, 0.25) is 0 Å². The van der Waals surface area contributed by atoms with E-state index in [1.807, 2.05) is 0 Å². The SMILES string of the molecule is CCCNCCCCCOC1CC(C)OC(C)C1. The molecule has 0 spiro atoms. The Hall–Kier alpha value is -0.120. The fraction of sp³-hybridized carbons (Fsp3) is 1.00. The number of unbranched alkanes of at least 4 members (excludes halogenated alkanes) is 2. The van der Waals surface area contributed by atoms with Gasteiger partial charge in [-0.2, -0.15) is 0 Å². The highest BCUT2D eigenvalue weighted by Crippen LogP contribution is 2.21. The third kappa shape index (κ3) is 7.34. The van der Waals surface area contributed by atoms with Crippen molar-refractivity contribution in [1.82, 2.24) is 5.32 Å². The average Bonchev–Trinajstić information content (AvgIpc) is 2.31. The highest BCUT2D eigenvalue weighted by atomic mass is 16.5. The van der Waals surface area contributed by atoms with Crippen molar-refractivity contribution in [3.8, 4) is 0 Å². The van der Waals surface area contributed by atoms with Crippen molar-refractivity contribution in [2.24, 2.45) is 0 Å². The normalized spacial score (nSPS) is 28.5. The molecule has 108 valence electrons. The Balaban J connectivity index is 1.91. The quantitative estimate of drug-likeness (QED) is 0.644. The van der Waals surface area contributed by atoms with Crippen LogP contribution < -0.4 is 5.32 Å². The second-order valence-corrected chi connectivity index (χ2v) is 5.53. The first kappa shape index (κ1) is 15.9. The molecule has 0 radical (unpaired) electrons. The lowest BCUT2D eigenvalue weighted by atomic mass is 10.0. The van der Waals surface area contributed by atoms with Crippen LogP contribution >= 0.6 is 0 Å². The third-order valence-electron chi connectivity index (χ3n) is 3.43. The van der Waals surface area contributed by atoms with Crippen LogP contribution in [-0.2, 0) is 9.47 Å². The van der Waals surface area contributed by atoms with E-state index >= 15 is 0 Å². The zero-order valence-electron chi connectivity index (χ0n) is 12.4. The Labute approximate surface area is 113 Å². The molecule has 3 nitrogen and oxygen atoms in total. The molecule has 0 saturated carbocycles. The van der Waals surface area contributed by atoms with Crippen LogP contribution in [0.15, 0.2) is 0 Å². The first-order chi connectivity index (χ1) is 8.72. The molecule has 0 aromatic carbocycles. The van der Waals surface area contributed by atoms with Gasteiger partial charge < -0.3 is 14.8 Å². The Bertz CT molecular complexity index is 189. The third-order valence-corrected chi connectivity index (χ3v) is 3.43. The second-order valence-electron chi connectivity index (χ2n) is 5.53. The van der Waals surface area contributed by atoms with Gasteiger partial charge >= 0.3 is 0 Å². The van der Waals surface area contributed by atoms with Gasteiger partial charge in [-0.15, -0.1) is 0 Å². The molecule has 3 heteroatoms. The van der Waals surface area contributed by atoms with E-state index in [0.29, 0.717) is 18.3 Å². The molecule has 0 amide bonds. The summed E-state index contributed by atoms with van der Waals surface area (Å²) in [5.41, 5.74) is 0. The Morgan fingerprint density at radius 2 is 1.78 bits per heavy atom. The van der Waals surface area contributed by atoms with Crippen molar-refractivity contribution in [3.05, 3.63) is 0 Å². The fourth-order valence-corrected chi connectivity index (χ4v) is 2.56. The Morgan fingerprint density at radius 3 is 2.44 bits per heavy atom. The van der Waals surface area contributed by atoms with Gasteiger partial charge in [-0.05, 0) is 65.5 Å². The molecule has 2 atom stereocenters. The van der Waals surface area contributed by atoms with E-state index in [1.54, 1.807) is 0 Å². The van der Waals surface area contributed by atoms with E-state index in [0.717, 1.165) is 32.5 Å². The van der Waals surface area contributed by atoms with E-state index in [-0.39, 0.29) is 0 Å². The molecular formula is C15H31NO2. The van der Waals surface area contributed by atoms with Crippen molar-refractivity contribution >= 4 is 0 Å². The topological polar surface area (TPSA) is 30.5 Å². The molecule has 1 aliphatic heterocycles. The number of ether oxygens (including phenoxy) is 2. The number of hydrogen-bond acceptors (Lipinski definition) is 3. The van der Waals surface area contributed by atoms with Gasteiger partial charge in [-0.25, -0.2) is 0 Å². The highest BCUT2D eigenvalue weighted by molar-refractivity contribution is 4.73. The summed E-state index contributed by atoms with van der Waals surface area (Å²) in [6, 6.07) is 0. The molecule has 1 aliphatic rings. The molecule has 0 aromatic heterocycles. The number of nitrogens with one attached hydrogen (secondary N) is 1. The van der Waals surface area contributed by atoms with E-state index < -0.39 is 0 Å². The van der Waals surface area contributed by atoms with Crippen LogP contribution in [0.4, 0.5) is 0 Å². The summed E-state index contributed by atoms with van der Waals surface area (Å²) in [5, 5.41) is 3.43. The molecule has 1 rings (SSSR count). The molecule has 18 heavy (non-hydrogen) atoms. The monoisotopic (exact) mass is 257 g/mol. The van der Waals surface area contributed by atoms with Crippen LogP contribution in [0, 0.1) is 0 Å². The molecule has 1 N–H and O–H groups in total. The maximum Gasteiger partial charge on any atom is 0.0624 e. The first-order valence-electron chi connectivity index (χ1n) is 7.70. The van der Waals surface area contributed by atoms with Crippen LogP contribution in [0.3, 0.4) is 0 Å². The van der Waals surface area contributed by atoms with E-state index in [2.05, 4.69) is 26.1 Å². The van der Waals surface area contributed by atoms with Gasteiger partial charge in [0.1, 0.15) is 0 Å². The van der Waals surface area contributed by atoms with Gasteiger partial charge in [0, 0.05) is 6.61 Å². The smallest absolute Gasteiger partial charge is 0.0624 e. The van der Waals surface area contributed by atoms with Gasteiger partial charge in [0.2, 0.25) is 0 Å². The first-order valence-corrected chi connectivity index (χ1v) is 7.70. The van der Waals surface area contributed by atoms with Gasteiger partial charge in [0.15, 0.2) is 0 Å². The van der Waals surface area contributed by atoms with Crippen molar-refractivity contribution in [2.45, 2.75) is 77.6 Å². The minimum atomic E-state index is 0.358. The Kier molecular flexibility index (Phi) is 8.64. The average molecular weight is 257 g/mol. The summed E-state index contributed by atoms with van der Waals surface area (Å²) in [6.07, 6.45) is 8.20. The largest absolute Gasteiger partial charge is 0.378 e. The summed E-state index contributed by atoms with van der Waals surface area (Å²) >= 11 is 0. The van der Waals surface area contributed by atoms with E-state index in [9.17, 15) is 0 Å². The predicted molar refractivity (Wildman–Crippen MR) is 76.0 cm³/mol. The van der Waals surface area contributed by atoms with Gasteiger partial charge in [0.25, 0.3) is 0 Å². The lowest BCUT2D eigenvalue weighted by Crippen LogP contribution is -2.34. The second kappa shape index (κ2) is 9.76. The molecule has 1 heterocycles. The standard InChI is InChI=1S/C15H31NO2/c1-4-8-16-9-6-5-7-10-17-15-11-13(2)18-14(3)12-15/h13-16H,4-12H2,1-3H3. The predicted octanol–water partition coefficient (Wildman–Crippen LogP) is 3.13. The molecule has 2 unspecified atom stereocenters. The highest BCUT2D eigenvalue weighted by Gasteiger charge is 2.24. The summed E-state index contributed by atoms with van der Waals surface area (Å²) < 4.78 is 11.7. The lowest BCUT2D eigenvalue weighted by molar-refractivity contribution is -0.102. The van der Waals surface area contributed by atoms with Crippen molar-refractivity contribution < 1.29 is 9.47 Å². The fourth-order valence-electron chi connectivity index (χ4n) is 2.56. The van der Waals surface area contributed by atoms with Crippen LogP contribution in [-0.4, -0.2) is 38.0 Å². The van der Waals surface area contributed by atoms with Crippen LogP contribution in [0.25, 0.3) is 0 Å². The number of hydrogen-bond donors (Lipinski definition) is 1. The van der Waals surface area contributed by atoms with Gasteiger partial charge in [-0.3, -0.25) is 0 Å². The molecular weight excluding hydrogens is 226 g/mol. The summed E-state index contributed by atoms with van der Waals surface area (Å²) in [5.74, 6) is 0. The minimum absolute atomic E-state index is 0.358. The summed E-state index contributed by atoms with van der Waals surface area (Å²) in [4.78, 5) is 0. The van der Waals surface area contributed by atoms with Crippen LogP contribution in [0.1, 0.15) is 59.3 Å². The molecule has 0 aromatic rings. The summed E-state index contributed by atoms with van der Waals surface area (Å²) in [6.45, 7) is 9.71. The Morgan fingerprint density at radius 1 is 1.06 bits per heavy atom. The lowest BCUT2D eigenvalue weighted by Gasteiger charge is -2.32. The molecule has 1 saturated heterocycles. The van der Waals surface area contributed by atoms with E-state index in [4.69, 9.17) is 9.47 Å². The zero-order chi connectivity index (χ0) is 13.2. The molecule has 0 aliphatic carbocycles. The maximum absolute atomic E-state index is 5.95. The molecule has 0 bridgehead atoms. The van der Waals surface area contributed by atoms with Crippen LogP contribution in [0.5, 0.6) is 0 Å². The summed E-state index contributed by atoms with van der Waals surface area (Å²) in [7, 11) is 0. The van der Waals surface area contributed by atoms with Gasteiger partial charge in [0.05, 0.1) is 18.3 Å². The van der Waals surface area contributed by atoms with Gasteiger partial charge in [-0.1, -0.05) is 6.92 Å². The minimum Gasteiger partial charge on any atom is -0.378 e. The number of rotatable bonds is 9. The van der Waals surface area contributed by atoms with Crippen molar-refractivity contribution in [1.29, 1.82) is 0 Å².